The molecule has 0 aliphatic heterocycles. The number of aryl methyl sites for hydroxylation is 1. The fourth-order valence-corrected chi connectivity index (χ4v) is 2.89. The number of furan rings is 1. The van der Waals surface area contributed by atoms with Crippen molar-refractivity contribution in [2.75, 3.05) is 5.84 Å². The van der Waals surface area contributed by atoms with E-state index in [4.69, 9.17) is 14.7 Å². The van der Waals surface area contributed by atoms with Gasteiger partial charge in [0.15, 0.2) is 5.76 Å². The number of thioether (sulfide) groups is 1. The molecule has 0 fully saturated rings. The standard InChI is InChI=1S/C16H14N6O2S/c1-10-4-6-11(7-5-10)15-20-18-13(24-15)9-25-16-21-19-14(22(16)17)12-3-2-8-23-12/h2-8H,9,17H2,1H3. The highest BCUT2D eigenvalue weighted by Crippen LogP contribution is 2.25. The van der Waals surface area contributed by atoms with E-state index in [0.29, 0.717) is 34.3 Å². The quantitative estimate of drug-likeness (QED) is 0.430. The normalized spacial score (nSPS) is 11.1. The van der Waals surface area contributed by atoms with Crippen LogP contribution >= 0.6 is 11.8 Å². The lowest BCUT2D eigenvalue weighted by Crippen LogP contribution is -2.11. The molecule has 0 atom stereocenters. The molecule has 0 aliphatic rings. The molecule has 0 spiro atoms. The van der Waals surface area contributed by atoms with Gasteiger partial charge in [-0.25, -0.2) is 4.68 Å². The van der Waals surface area contributed by atoms with Crippen LogP contribution in [0.5, 0.6) is 0 Å². The van der Waals surface area contributed by atoms with Gasteiger partial charge in [0.2, 0.25) is 22.8 Å². The van der Waals surface area contributed by atoms with Crippen molar-refractivity contribution < 1.29 is 8.83 Å². The number of hydrogen-bond donors (Lipinski definition) is 1. The number of nitrogen functional groups attached to an aromatic ring is 1. The lowest BCUT2D eigenvalue weighted by molar-refractivity contribution is 0.528. The predicted molar refractivity (Wildman–Crippen MR) is 91.9 cm³/mol. The number of hydrogen-bond acceptors (Lipinski definition) is 8. The van der Waals surface area contributed by atoms with Crippen molar-refractivity contribution >= 4 is 11.8 Å². The summed E-state index contributed by atoms with van der Waals surface area (Å²) >= 11 is 1.36. The van der Waals surface area contributed by atoms with Gasteiger partial charge < -0.3 is 14.7 Å². The molecule has 0 amide bonds. The Bertz CT molecular complexity index is 975. The molecular weight excluding hydrogens is 340 g/mol. The van der Waals surface area contributed by atoms with Crippen molar-refractivity contribution in [2.45, 2.75) is 17.8 Å². The third kappa shape index (κ3) is 3.13. The lowest BCUT2D eigenvalue weighted by Gasteiger charge is -2.00. The summed E-state index contributed by atoms with van der Waals surface area (Å²) in [5.74, 6) is 8.44. The minimum absolute atomic E-state index is 0.437. The van der Waals surface area contributed by atoms with Gasteiger partial charge in [0, 0.05) is 5.56 Å². The largest absolute Gasteiger partial charge is 0.461 e. The molecule has 0 bridgehead atoms. The van der Waals surface area contributed by atoms with Gasteiger partial charge in [0.1, 0.15) is 0 Å². The first-order valence-corrected chi connectivity index (χ1v) is 8.46. The average Bonchev–Trinajstić information content (AvgIpc) is 3.34. The average molecular weight is 354 g/mol. The minimum atomic E-state index is 0.437. The summed E-state index contributed by atoms with van der Waals surface area (Å²) in [5.41, 5.74) is 2.06. The molecule has 4 rings (SSSR count). The molecule has 0 aliphatic carbocycles. The van der Waals surface area contributed by atoms with Crippen LogP contribution in [0.15, 0.2) is 56.7 Å². The number of aromatic nitrogens is 5. The van der Waals surface area contributed by atoms with Crippen LogP contribution in [-0.4, -0.2) is 25.1 Å². The van der Waals surface area contributed by atoms with Crippen LogP contribution < -0.4 is 5.84 Å². The second-order valence-electron chi connectivity index (χ2n) is 5.31. The predicted octanol–water partition coefficient (Wildman–Crippen LogP) is 2.90. The van der Waals surface area contributed by atoms with Gasteiger partial charge in [-0.3, -0.25) is 0 Å². The Labute approximate surface area is 147 Å². The second-order valence-corrected chi connectivity index (χ2v) is 6.25. The van der Waals surface area contributed by atoms with E-state index in [2.05, 4.69) is 20.4 Å². The summed E-state index contributed by atoms with van der Waals surface area (Å²) in [4.78, 5) is 0. The highest BCUT2D eigenvalue weighted by Gasteiger charge is 2.16. The van der Waals surface area contributed by atoms with Gasteiger partial charge in [-0.05, 0) is 31.2 Å². The first kappa shape index (κ1) is 15.5. The van der Waals surface area contributed by atoms with E-state index >= 15 is 0 Å². The Morgan fingerprint density at radius 3 is 2.68 bits per heavy atom. The van der Waals surface area contributed by atoms with Crippen LogP contribution in [0.4, 0.5) is 0 Å². The Hall–Kier alpha value is -3.07. The van der Waals surface area contributed by atoms with Crippen molar-refractivity contribution in [1.29, 1.82) is 0 Å². The molecule has 0 saturated heterocycles. The van der Waals surface area contributed by atoms with Crippen molar-refractivity contribution in [2.24, 2.45) is 0 Å². The Morgan fingerprint density at radius 1 is 1.08 bits per heavy atom. The van der Waals surface area contributed by atoms with E-state index in [0.717, 1.165) is 5.56 Å². The van der Waals surface area contributed by atoms with Gasteiger partial charge in [0.25, 0.3) is 0 Å². The molecule has 3 aromatic heterocycles. The lowest BCUT2D eigenvalue weighted by atomic mass is 10.1. The Kier molecular flexibility index (Phi) is 3.98. The Morgan fingerprint density at radius 2 is 1.92 bits per heavy atom. The molecule has 4 aromatic rings. The monoisotopic (exact) mass is 354 g/mol. The zero-order valence-electron chi connectivity index (χ0n) is 13.3. The van der Waals surface area contributed by atoms with Crippen LogP contribution in [0, 0.1) is 6.92 Å². The van der Waals surface area contributed by atoms with E-state index in [-0.39, 0.29) is 0 Å². The highest BCUT2D eigenvalue weighted by atomic mass is 32.2. The van der Waals surface area contributed by atoms with Crippen LogP contribution in [0.25, 0.3) is 23.0 Å². The molecule has 0 radical (unpaired) electrons. The summed E-state index contributed by atoms with van der Waals surface area (Å²) in [7, 11) is 0. The van der Waals surface area contributed by atoms with Crippen molar-refractivity contribution in [3.05, 3.63) is 54.1 Å². The molecule has 0 unspecified atom stereocenters. The van der Waals surface area contributed by atoms with Crippen LogP contribution in [-0.2, 0) is 5.75 Å². The van der Waals surface area contributed by atoms with E-state index in [1.165, 1.54) is 22.0 Å². The molecule has 1 aromatic carbocycles. The topological polar surface area (TPSA) is 109 Å². The van der Waals surface area contributed by atoms with Gasteiger partial charge in [-0.1, -0.05) is 29.5 Å². The van der Waals surface area contributed by atoms with Crippen LogP contribution in [0.3, 0.4) is 0 Å². The van der Waals surface area contributed by atoms with Gasteiger partial charge in [-0.2, -0.15) is 0 Å². The van der Waals surface area contributed by atoms with Crippen molar-refractivity contribution in [3.63, 3.8) is 0 Å². The van der Waals surface area contributed by atoms with Gasteiger partial charge in [-0.15, -0.1) is 20.4 Å². The maximum Gasteiger partial charge on any atom is 0.247 e. The molecular formula is C16H14N6O2S. The maximum atomic E-state index is 6.01. The minimum Gasteiger partial charge on any atom is -0.461 e. The molecule has 9 heteroatoms. The SMILES string of the molecule is Cc1ccc(-c2nnc(CSc3nnc(-c4ccco4)n3N)o2)cc1. The zero-order valence-corrected chi connectivity index (χ0v) is 14.1. The van der Waals surface area contributed by atoms with Gasteiger partial charge >= 0.3 is 0 Å². The smallest absolute Gasteiger partial charge is 0.247 e. The summed E-state index contributed by atoms with van der Waals surface area (Å²) in [6.07, 6.45) is 1.56. The summed E-state index contributed by atoms with van der Waals surface area (Å²) in [6, 6.07) is 11.4. The molecule has 126 valence electrons. The zero-order chi connectivity index (χ0) is 17.2. The highest BCUT2D eigenvalue weighted by molar-refractivity contribution is 7.98. The van der Waals surface area contributed by atoms with E-state index in [1.54, 1.807) is 18.4 Å². The first-order valence-electron chi connectivity index (χ1n) is 7.47. The number of nitrogens with zero attached hydrogens (tertiary/aromatic N) is 5. The maximum absolute atomic E-state index is 6.01. The molecule has 25 heavy (non-hydrogen) atoms. The third-order valence-corrected chi connectivity index (χ3v) is 4.42. The molecule has 0 saturated carbocycles. The summed E-state index contributed by atoms with van der Waals surface area (Å²) in [6.45, 7) is 2.03. The summed E-state index contributed by atoms with van der Waals surface area (Å²) < 4.78 is 12.3. The third-order valence-electron chi connectivity index (χ3n) is 3.50. The first-order chi connectivity index (χ1) is 12.2. The van der Waals surface area contributed by atoms with Crippen LogP contribution in [0.2, 0.25) is 0 Å². The fourth-order valence-electron chi connectivity index (χ4n) is 2.20. The van der Waals surface area contributed by atoms with Crippen molar-refractivity contribution in [1.82, 2.24) is 25.1 Å². The van der Waals surface area contributed by atoms with Crippen LogP contribution in [0.1, 0.15) is 11.5 Å². The molecule has 8 nitrogen and oxygen atoms in total. The van der Waals surface area contributed by atoms with E-state index in [9.17, 15) is 0 Å². The Balaban J connectivity index is 1.46. The number of nitrogens with two attached hydrogens (primary N) is 1. The van der Waals surface area contributed by atoms with Gasteiger partial charge in [0.05, 0.1) is 12.0 Å². The van der Waals surface area contributed by atoms with E-state index in [1.807, 2.05) is 31.2 Å². The number of benzene rings is 1. The molecule has 2 N–H and O–H groups in total. The summed E-state index contributed by atoms with van der Waals surface area (Å²) in [5, 5.41) is 16.8. The fraction of sp³-hybridized carbons (Fsp3) is 0.125. The van der Waals surface area contributed by atoms with E-state index < -0.39 is 0 Å². The van der Waals surface area contributed by atoms with Crippen molar-refractivity contribution in [3.8, 4) is 23.0 Å². The second kappa shape index (κ2) is 6.44. The number of rotatable bonds is 5. The molecule has 3 heterocycles.